The van der Waals surface area contributed by atoms with E-state index in [2.05, 4.69) is 0 Å². The van der Waals surface area contributed by atoms with E-state index in [4.69, 9.17) is 4.74 Å². The molecule has 3 fully saturated rings. The molecule has 128 valence electrons. The van der Waals surface area contributed by atoms with Gasteiger partial charge in [-0.2, -0.15) is 0 Å². The van der Waals surface area contributed by atoms with Gasteiger partial charge in [-0.25, -0.2) is 0 Å². The highest BCUT2D eigenvalue weighted by molar-refractivity contribution is 6.09. The molecule has 0 bridgehead atoms. The number of likely N-dealkylation sites (tertiary alicyclic amines) is 1. The SMILES string of the molecule is O=C1C2=CC[C@@H]3C(=O)N(Cc4ccccc4)C(=O)[C@@H]3[C@@H]2[C@H](O)[C@@H]2O[C@H]12. The molecule has 5 rings (SSSR count). The first-order valence-electron chi connectivity index (χ1n) is 8.55. The third-order valence-corrected chi connectivity index (χ3v) is 5.86. The highest BCUT2D eigenvalue weighted by atomic mass is 16.6. The van der Waals surface area contributed by atoms with Gasteiger partial charge in [-0.15, -0.1) is 0 Å². The Labute approximate surface area is 144 Å². The van der Waals surface area contributed by atoms with Gasteiger partial charge in [0.2, 0.25) is 11.8 Å². The van der Waals surface area contributed by atoms with Gasteiger partial charge in [-0.05, 0) is 12.0 Å². The predicted molar refractivity (Wildman–Crippen MR) is 84.8 cm³/mol. The average molecular weight is 339 g/mol. The zero-order valence-electron chi connectivity index (χ0n) is 13.4. The minimum Gasteiger partial charge on any atom is -0.390 e. The number of rotatable bonds is 2. The molecule has 1 aromatic rings. The second-order valence-electron chi connectivity index (χ2n) is 7.18. The number of allylic oxidation sites excluding steroid dienone is 1. The van der Waals surface area contributed by atoms with E-state index in [1.165, 1.54) is 4.90 Å². The number of hydrogen-bond donors (Lipinski definition) is 1. The zero-order chi connectivity index (χ0) is 17.3. The van der Waals surface area contributed by atoms with Crippen LogP contribution in [0.5, 0.6) is 0 Å². The molecule has 6 nitrogen and oxygen atoms in total. The molecule has 6 heteroatoms. The van der Waals surface area contributed by atoms with E-state index in [0.717, 1.165) is 5.56 Å². The lowest BCUT2D eigenvalue weighted by Crippen LogP contribution is -2.47. The lowest BCUT2D eigenvalue weighted by molar-refractivity contribution is -0.141. The number of amides is 2. The van der Waals surface area contributed by atoms with Crippen LogP contribution in [0.1, 0.15) is 12.0 Å². The number of imide groups is 1. The second kappa shape index (κ2) is 5.09. The fourth-order valence-electron chi connectivity index (χ4n) is 4.60. The molecule has 1 aromatic carbocycles. The first-order valence-corrected chi connectivity index (χ1v) is 8.55. The molecule has 6 atom stereocenters. The van der Waals surface area contributed by atoms with E-state index in [-0.39, 0.29) is 24.1 Å². The van der Waals surface area contributed by atoms with Crippen LogP contribution in [0, 0.1) is 17.8 Å². The summed E-state index contributed by atoms with van der Waals surface area (Å²) in [4.78, 5) is 39.4. The Kier molecular flexibility index (Phi) is 3.05. The van der Waals surface area contributed by atoms with E-state index < -0.39 is 36.1 Å². The Hall–Kier alpha value is -2.31. The Morgan fingerprint density at radius 2 is 1.84 bits per heavy atom. The summed E-state index contributed by atoms with van der Waals surface area (Å²) in [5.41, 5.74) is 1.34. The number of aliphatic hydroxyl groups excluding tert-OH is 1. The molecule has 0 aromatic heterocycles. The standard InChI is InChI=1S/C19H17NO5/c21-14-10-6-7-11-13(12(10)15(22)17-16(14)25-17)19(24)20(18(11)23)8-9-4-2-1-3-5-9/h1-6,11-13,15-17,22H,7-8H2/t11-,12+,13-,15-,16+,17-/m0/s1. The summed E-state index contributed by atoms with van der Waals surface area (Å²) in [7, 11) is 0. The highest BCUT2D eigenvalue weighted by Crippen LogP contribution is 2.51. The number of aliphatic hydroxyl groups is 1. The number of carbonyl (C=O) groups is 3. The summed E-state index contributed by atoms with van der Waals surface area (Å²) in [6.45, 7) is 0.222. The molecule has 2 aliphatic carbocycles. The van der Waals surface area contributed by atoms with Gasteiger partial charge >= 0.3 is 0 Å². The van der Waals surface area contributed by atoms with Crippen molar-refractivity contribution in [2.45, 2.75) is 31.3 Å². The lowest BCUT2D eigenvalue weighted by Gasteiger charge is -2.35. The van der Waals surface area contributed by atoms with Crippen LogP contribution in [0.25, 0.3) is 0 Å². The van der Waals surface area contributed by atoms with Crippen LogP contribution in [-0.4, -0.2) is 45.9 Å². The number of epoxide rings is 1. The molecule has 25 heavy (non-hydrogen) atoms. The summed E-state index contributed by atoms with van der Waals surface area (Å²) in [6.07, 6.45) is 0.0886. The van der Waals surface area contributed by atoms with E-state index in [1.807, 2.05) is 30.3 Å². The average Bonchev–Trinajstić information content (AvgIpc) is 3.40. The minimum absolute atomic E-state index is 0.138. The molecule has 2 aliphatic heterocycles. The first-order chi connectivity index (χ1) is 12.1. The van der Waals surface area contributed by atoms with Crippen LogP contribution in [-0.2, 0) is 25.7 Å². The number of nitrogens with zero attached hydrogens (tertiary/aromatic N) is 1. The van der Waals surface area contributed by atoms with Crippen molar-refractivity contribution in [1.29, 1.82) is 0 Å². The highest BCUT2D eigenvalue weighted by Gasteiger charge is 2.65. The summed E-state index contributed by atoms with van der Waals surface area (Å²) in [6, 6.07) is 9.34. The van der Waals surface area contributed by atoms with Crippen molar-refractivity contribution in [3.05, 3.63) is 47.5 Å². The van der Waals surface area contributed by atoms with Gasteiger partial charge in [0.15, 0.2) is 5.78 Å². The molecular weight excluding hydrogens is 322 g/mol. The fourth-order valence-corrected chi connectivity index (χ4v) is 4.60. The van der Waals surface area contributed by atoms with Gasteiger partial charge in [0, 0.05) is 11.5 Å². The van der Waals surface area contributed by atoms with Crippen LogP contribution in [0.15, 0.2) is 42.0 Å². The predicted octanol–water partition coefficient (Wildman–Crippen LogP) is 0.445. The molecule has 2 heterocycles. The van der Waals surface area contributed by atoms with E-state index >= 15 is 0 Å². The first kappa shape index (κ1) is 15.0. The number of fused-ring (bicyclic) bond motifs is 4. The van der Waals surface area contributed by atoms with Crippen molar-refractivity contribution >= 4 is 17.6 Å². The van der Waals surface area contributed by atoms with Crippen LogP contribution >= 0.6 is 0 Å². The summed E-state index contributed by atoms with van der Waals surface area (Å²) < 4.78 is 5.28. The van der Waals surface area contributed by atoms with Gasteiger partial charge in [-0.3, -0.25) is 19.3 Å². The van der Waals surface area contributed by atoms with Gasteiger partial charge in [0.25, 0.3) is 0 Å². The molecule has 1 saturated carbocycles. The largest absolute Gasteiger partial charge is 0.390 e. The summed E-state index contributed by atoms with van der Waals surface area (Å²) in [5.74, 6) is -2.44. The van der Waals surface area contributed by atoms with E-state index in [9.17, 15) is 19.5 Å². The maximum atomic E-state index is 13.0. The van der Waals surface area contributed by atoms with Gasteiger partial charge < -0.3 is 9.84 Å². The smallest absolute Gasteiger partial charge is 0.234 e. The Bertz CT molecular complexity index is 816. The van der Waals surface area contributed by atoms with Crippen LogP contribution in [0.2, 0.25) is 0 Å². The topological polar surface area (TPSA) is 87.2 Å². The van der Waals surface area contributed by atoms with Crippen LogP contribution in [0.3, 0.4) is 0 Å². The van der Waals surface area contributed by atoms with Crippen molar-refractivity contribution < 1.29 is 24.2 Å². The zero-order valence-corrected chi connectivity index (χ0v) is 13.4. The Morgan fingerprint density at radius 1 is 1.08 bits per heavy atom. The Morgan fingerprint density at radius 3 is 2.60 bits per heavy atom. The molecular formula is C19H17NO5. The molecule has 1 N–H and O–H groups in total. The third-order valence-electron chi connectivity index (χ3n) is 5.86. The number of benzene rings is 1. The molecule has 0 radical (unpaired) electrons. The molecule has 0 spiro atoms. The molecule has 0 unspecified atom stereocenters. The maximum Gasteiger partial charge on any atom is 0.234 e. The number of ketones is 1. The van der Waals surface area contributed by atoms with Crippen LogP contribution < -0.4 is 0 Å². The van der Waals surface area contributed by atoms with Crippen molar-refractivity contribution in [2.75, 3.05) is 0 Å². The number of hydrogen-bond acceptors (Lipinski definition) is 5. The van der Waals surface area contributed by atoms with Crippen molar-refractivity contribution in [3.63, 3.8) is 0 Å². The summed E-state index contributed by atoms with van der Waals surface area (Å²) in [5, 5.41) is 10.6. The number of ether oxygens (including phenoxy) is 1. The van der Waals surface area contributed by atoms with Gasteiger partial charge in [0.05, 0.1) is 24.5 Å². The monoisotopic (exact) mass is 339 g/mol. The number of carbonyl (C=O) groups excluding carboxylic acids is 3. The Balaban J connectivity index is 1.48. The molecule has 2 amide bonds. The lowest BCUT2D eigenvalue weighted by atomic mass is 9.66. The van der Waals surface area contributed by atoms with Crippen molar-refractivity contribution in [3.8, 4) is 0 Å². The summed E-state index contributed by atoms with van der Waals surface area (Å²) >= 11 is 0. The third kappa shape index (κ3) is 2.01. The number of Topliss-reactive ketones (excluding diaryl/α,β-unsaturated/α-hetero) is 1. The quantitative estimate of drug-likeness (QED) is 0.624. The molecule has 4 aliphatic rings. The van der Waals surface area contributed by atoms with E-state index in [0.29, 0.717) is 12.0 Å². The fraction of sp³-hybridized carbons (Fsp3) is 0.421. The van der Waals surface area contributed by atoms with E-state index in [1.54, 1.807) is 6.08 Å². The minimum atomic E-state index is -0.907. The second-order valence-corrected chi connectivity index (χ2v) is 7.18. The van der Waals surface area contributed by atoms with Crippen molar-refractivity contribution in [1.82, 2.24) is 4.90 Å². The van der Waals surface area contributed by atoms with Crippen LogP contribution in [0.4, 0.5) is 0 Å². The van der Waals surface area contributed by atoms with Gasteiger partial charge in [-0.1, -0.05) is 36.4 Å². The maximum absolute atomic E-state index is 13.0. The normalized spacial score (nSPS) is 38.8. The van der Waals surface area contributed by atoms with Crippen molar-refractivity contribution in [2.24, 2.45) is 17.8 Å². The van der Waals surface area contributed by atoms with Gasteiger partial charge in [0.1, 0.15) is 12.2 Å². The molecule has 2 saturated heterocycles.